The minimum absolute atomic E-state index is 0.0378. The lowest BCUT2D eigenvalue weighted by atomic mass is 10.1. The Morgan fingerprint density at radius 1 is 0.886 bits per heavy atom. The van der Waals surface area contributed by atoms with Crippen molar-refractivity contribution in [1.29, 1.82) is 0 Å². The lowest BCUT2D eigenvalue weighted by Gasteiger charge is -2.25. The Kier molecular flexibility index (Phi) is 10.7. The molecule has 0 saturated carbocycles. The molecule has 0 unspecified atom stereocenters. The zero-order valence-electron chi connectivity index (χ0n) is 24.6. The van der Waals surface area contributed by atoms with Gasteiger partial charge in [-0.2, -0.15) is 5.10 Å². The quantitative estimate of drug-likeness (QED) is 0.167. The van der Waals surface area contributed by atoms with Crippen LogP contribution in [0.4, 0.5) is 5.69 Å². The fourth-order valence-corrected chi connectivity index (χ4v) is 5.66. The fraction of sp³-hybridized carbons (Fsp3) is 0.182. The summed E-state index contributed by atoms with van der Waals surface area (Å²) < 4.78 is 39.2. The summed E-state index contributed by atoms with van der Waals surface area (Å²) in [5.74, 6) is -0.118. The van der Waals surface area contributed by atoms with E-state index in [0.29, 0.717) is 17.1 Å². The largest absolute Gasteiger partial charge is 0.495 e. The van der Waals surface area contributed by atoms with Gasteiger partial charge in [0.1, 0.15) is 18.0 Å². The number of sulfonamides is 1. The first-order valence-electron chi connectivity index (χ1n) is 13.8. The number of hydrogen-bond acceptors (Lipinski definition) is 7. The van der Waals surface area contributed by atoms with Gasteiger partial charge in [0.25, 0.3) is 21.8 Å². The van der Waals surface area contributed by atoms with Crippen LogP contribution in [0.15, 0.2) is 113 Å². The van der Waals surface area contributed by atoms with E-state index in [1.165, 1.54) is 25.5 Å². The smallest absolute Gasteiger partial charge is 0.264 e. The Balaban J connectivity index is 1.35. The van der Waals surface area contributed by atoms with Crippen LogP contribution in [0.3, 0.4) is 0 Å². The first-order valence-corrected chi connectivity index (χ1v) is 15.2. The highest BCUT2D eigenvalue weighted by molar-refractivity contribution is 7.92. The minimum atomic E-state index is -4.12. The molecule has 0 radical (unpaired) electrons. The van der Waals surface area contributed by atoms with Crippen LogP contribution in [-0.2, 0) is 19.6 Å². The van der Waals surface area contributed by atoms with E-state index in [0.717, 1.165) is 15.4 Å². The predicted molar refractivity (Wildman–Crippen MR) is 169 cm³/mol. The predicted octanol–water partition coefficient (Wildman–Crippen LogP) is 4.61. The molecule has 0 saturated heterocycles. The molecule has 2 amide bonds. The third kappa shape index (κ3) is 8.45. The summed E-state index contributed by atoms with van der Waals surface area (Å²) in [4.78, 5) is 25.2. The zero-order chi connectivity index (χ0) is 31.5. The van der Waals surface area contributed by atoms with Gasteiger partial charge in [-0.3, -0.25) is 13.9 Å². The third-order valence-corrected chi connectivity index (χ3v) is 8.35. The second-order valence-corrected chi connectivity index (χ2v) is 11.7. The molecule has 4 aromatic carbocycles. The number of para-hydroxylation sites is 2. The Morgan fingerprint density at radius 3 is 2.23 bits per heavy atom. The Hall–Kier alpha value is -5.16. The minimum Gasteiger partial charge on any atom is -0.495 e. The average molecular weight is 615 g/mol. The van der Waals surface area contributed by atoms with E-state index in [-0.39, 0.29) is 29.1 Å². The molecule has 4 rings (SSSR count). The maximum atomic E-state index is 13.6. The summed E-state index contributed by atoms with van der Waals surface area (Å²) in [6.07, 6.45) is 1.41. The number of rotatable bonds is 13. The van der Waals surface area contributed by atoms with Gasteiger partial charge in [0, 0.05) is 0 Å². The van der Waals surface area contributed by atoms with Crippen molar-refractivity contribution >= 4 is 33.7 Å². The number of carbonyl (C=O) groups is 2. The summed E-state index contributed by atoms with van der Waals surface area (Å²) in [6.45, 7) is 3.08. The van der Waals surface area contributed by atoms with Crippen LogP contribution in [0.5, 0.6) is 11.5 Å². The van der Waals surface area contributed by atoms with Gasteiger partial charge in [0.2, 0.25) is 0 Å². The van der Waals surface area contributed by atoms with Crippen molar-refractivity contribution in [2.45, 2.75) is 24.8 Å². The molecule has 0 bridgehead atoms. The number of carbonyl (C=O) groups excluding carboxylic acids is 2. The molecule has 44 heavy (non-hydrogen) atoms. The van der Waals surface area contributed by atoms with Gasteiger partial charge < -0.3 is 14.8 Å². The average Bonchev–Trinajstić information content (AvgIpc) is 3.03. The Morgan fingerprint density at radius 2 is 1.55 bits per heavy atom. The van der Waals surface area contributed by atoms with E-state index >= 15 is 0 Å². The van der Waals surface area contributed by atoms with Crippen molar-refractivity contribution in [3.05, 3.63) is 120 Å². The number of hydrazone groups is 1. The van der Waals surface area contributed by atoms with Gasteiger partial charge in [0.15, 0.2) is 6.61 Å². The summed E-state index contributed by atoms with van der Waals surface area (Å²) in [5.41, 5.74) is 5.15. The topological polar surface area (TPSA) is 126 Å². The molecule has 0 aromatic heterocycles. The third-order valence-electron chi connectivity index (χ3n) is 6.58. The number of benzene rings is 4. The summed E-state index contributed by atoms with van der Waals surface area (Å²) in [7, 11) is -2.69. The number of hydrogen-bond donors (Lipinski definition) is 2. The van der Waals surface area contributed by atoms with Crippen LogP contribution < -0.4 is 24.5 Å². The number of ether oxygens (including phenoxy) is 2. The first-order chi connectivity index (χ1) is 21.2. The molecule has 0 aliphatic rings. The molecule has 4 aromatic rings. The molecule has 0 aliphatic heterocycles. The van der Waals surface area contributed by atoms with Gasteiger partial charge >= 0.3 is 0 Å². The maximum Gasteiger partial charge on any atom is 0.264 e. The fourth-order valence-electron chi connectivity index (χ4n) is 4.22. The van der Waals surface area contributed by atoms with Crippen molar-refractivity contribution in [1.82, 2.24) is 10.7 Å². The molecular formula is C33H34N4O6S. The molecule has 228 valence electrons. The van der Waals surface area contributed by atoms with Gasteiger partial charge in [0.05, 0.1) is 29.9 Å². The standard InChI is InChI=1S/C33H34N4O6S/c1-24-13-19-29(20-14-24)44(40,41)37(30-11-7-8-12-31(30)42-3)22-32(38)36-34-21-26-15-17-28(18-16-26)43-23-33(39)35-25(2)27-9-5-4-6-10-27/h4-21,25H,22-23H2,1-3H3,(H,35,39)(H,36,38)/b34-21-/t25-/m0/s1. The van der Waals surface area contributed by atoms with Crippen molar-refractivity contribution in [2.24, 2.45) is 5.10 Å². The highest BCUT2D eigenvalue weighted by atomic mass is 32.2. The lowest BCUT2D eigenvalue weighted by molar-refractivity contribution is -0.123. The second-order valence-electron chi connectivity index (χ2n) is 9.85. The van der Waals surface area contributed by atoms with Crippen molar-refractivity contribution < 1.29 is 27.5 Å². The monoisotopic (exact) mass is 614 g/mol. The maximum absolute atomic E-state index is 13.6. The Bertz CT molecular complexity index is 1690. The van der Waals surface area contributed by atoms with E-state index in [2.05, 4.69) is 15.8 Å². The van der Waals surface area contributed by atoms with E-state index in [1.54, 1.807) is 60.7 Å². The van der Waals surface area contributed by atoms with Gasteiger partial charge in [-0.15, -0.1) is 0 Å². The van der Waals surface area contributed by atoms with Crippen LogP contribution in [0.2, 0.25) is 0 Å². The number of anilines is 1. The molecule has 11 heteroatoms. The molecule has 0 heterocycles. The normalized spacial score (nSPS) is 11.9. The van der Waals surface area contributed by atoms with Crippen molar-refractivity contribution in [2.75, 3.05) is 24.6 Å². The summed E-state index contributed by atoms with van der Waals surface area (Å²) >= 11 is 0. The van der Waals surface area contributed by atoms with Crippen molar-refractivity contribution in [3.63, 3.8) is 0 Å². The Labute approximate surface area is 257 Å². The van der Waals surface area contributed by atoms with Crippen LogP contribution in [-0.4, -0.2) is 46.7 Å². The summed E-state index contributed by atoms with van der Waals surface area (Å²) in [6, 6.07) is 29.2. The van der Waals surface area contributed by atoms with Gasteiger partial charge in [-0.05, 0) is 73.5 Å². The zero-order valence-corrected chi connectivity index (χ0v) is 25.5. The number of amides is 2. The number of nitrogens with one attached hydrogen (secondary N) is 2. The van der Waals surface area contributed by atoms with E-state index in [9.17, 15) is 18.0 Å². The highest BCUT2D eigenvalue weighted by Crippen LogP contribution is 2.32. The molecule has 0 spiro atoms. The van der Waals surface area contributed by atoms with Crippen molar-refractivity contribution in [3.8, 4) is 11.5 Å². The summed E-state index contributed by atoms with van der Waals surface area (Å²) in [5, 5.41) is 6.87. The molecule has 0 aliphatic carbocycles. The highest BCUT2D eigenvalue weighted by Gasteiger charge is 2.29. The van der Waals surface area contributed by atoms with Crippen LogP contribution >= 0.6 is 0 Å². The molecular weight excluding hydrogens is 580 g/mol. The van der Waals surface area contributed by atoms with Crippen LogP contribution in [0.1, 0.15) is 29.7 Å². The van der Waals surface area contributed by atoms with Gasteiger partial charge in [-0.1, -0.05) is 60.2 Å². The van der Waals surface area contributed by atoms with E-state index in [4.69, 9.17) is 9.47 Å². The van der Waals surface area contributed by atoms with E-state index in [1.807, 2.05) is 44.2 Å². The SMILES string of the molecule is COc1ccccc1N(CC(=O)N/N=C\c1ccc(OCC(=O)N[C@@H](C)c2ccccc2)cc1)S(=O)(=O)c1ccc(C)cc1. The van der Waals surface area contributed by atoms with Crippen LogP contribution in [0, 0.1) is 6.92 Å². The van der Waals surface area contributed by atoms with Crippen LogP contribution in [0.25, 0.3) is 0 Å². The molecule has 10 nitrogen and oxygen atoms in total. The van der Waals surface area contributed by atoms with Gasteiger partial charge in [-0.25, -0.2) is 13.8 Å². The second kappa shape index (κ2) is 14.8. The number of aryl methyl sites for hydroxylation is 1. The lowest BCUT2D eigenvalue weighted by Crippen LogP contribution is -2.39. The molecule has 2 N–H and O–H groups in total. The van der Waals surface area contributed by atoms with E-state index < -0.39 is 22.5 Å². The molecule has 0 fully saturated rings. The molecule has 1 atom stereocenters. The number of nitrogens with zero attached hydrogens (tertiary/aromatic N) is 2. The first kappa shape index (κ1) is 31.8. The number of methoxy groups -OCH3 is 1.